The Balaban J connectivity index is 1.64. The van der Waals surface area contributed by atoms with Crippen molar-refractivity contribution in [3.05, 3.63) is 60.2 Å². The molecule has 7 nitrogen and oxygen atoms in total. The number of aryl methyl sites for hydroxylation is 3. The molecule has 0 fully saturated rings. The monoisotopic (exact) mass is 361 g/mol. The van der Waals surface area contributed by atoms with Gasteiger partial charge in [0.25, 0.3) is 0 Å². The molecular weight excluding hydrogens is 338 g/mol. The van der Waals surface area contributed by atoms with Crippen molar-refractivity contribution in [3.8, 4) is 5.82 Å². The highest BCUT2D eigenvalue weighted by Crippen LogP contribution is 2.30. The first-order chi connectivity index (χ1) is 13.1. The SMILES string of the molecule is Cc1ccnc(-n2c(C)c(C)c3c(NCCCn4ccnc4)ncnc32)c1. The van der Waals surface area contributed by atoms with E-state index >= 15 is 0 Å². The molecule has 0 saturated carbocycles. The summed E-state index contributed by atoms with van der Waals surface area (Å²) in [6.07, 6.45) is 10.1. The number of nitrogens with zero attached hydrogens (tertiary/aromatic N) is 6. The number of hydrogen-bond acceptors (Lipinski definition) is 5. The first-order valence-corrected chi connectivity index (χ1v) is 9.10. The van der Waals surface area contributed by atoms with Crippen molar-refractivity contribution in [2.45, 2.75) is 33.7 Å². The summed E-state index contributed by atoms with van der Waals surface area (Å²) in [5.41, 5.74) is 4.36. The predicted molar refractivity (Wildman–Crippen MR) is 106 cm³/mol. The normalized spacial score (nSPS) is 11.2. The van der Waals surface area contributed by atoms with Crippen LogP contribution in [0.5, 0.6) is 0 Å². The molecule has 0 atom stereocenters. The van der Waals surface area contributed by atoms with Crippen molar-refractivity contribution in [1.29, 1.82) is 0 Å². The van der Waals surface area contributed by atoms with Gasteiger partial charge in [-0.3, -0.25) is 4.57 Å². The van der Waals surface area contributed by atoms with Crippen molar-refractivity contribution in [3.63, 3.8) is 0 Å². The molecule has 4 rings (SSSR count). The summed E-state index contributed by atoms with van der Waals surface area (Å²) in [5.74, 6) is 1.76. The van der Waals surface area contributed by atoms with Crippen molar-refractivity contribution in [2.24, 2.45) is 0 Å². The van der Waals surface area contributed by atoms with E-state index in [4.69, 9.17) is 0 Å². The molecule has 138 valence electrons. The zero-order valence-corrected chi connectivity index (χ0v) is 15.8. The number of aromatic nitrogens is 6. The van der Waals surface area contributed by atoms with E-state index in [1.54, 1.807) is 12.5 Å². The second kappa shape index (κ2) is 7.19. The third kappa shape index (κ3) is 3.28. The van der Waals surface area contributed by atoms with Crippen molar-refractivity contribution < 1.29 is 0 Å². The number of nitrogens with one attached hydrogen (secondary N) is 1. The lowest BCUT2D eigenvalue weighted by atomic mass is 10.2. The van der Waals surface area contributed by atoms with Crippen LogP contribution in [-0.4, -0.2) is 35.6 Å². The quantitative estimate of drug-likeness (QED) is 0.533. The molecule has 27 heavy (non-hydrogen) atoms. The van der Waals surface area contributed by atoms with Crippen molar-refractivity contribution in [1.82, 2.24) is 29.1 Å². The smallest absolute Gasteiger partial charge is 0.151 e. The number of hydrogen-bond donors (Lipinski definition) is 1. The van der Waals surface area contributed by atoms with Gasteiger partial charge in [0.15, 0.2) is 5.65 Å². The number of anilines is 1. The third-order valence-electron chi connectivity index (χ3n) is 4.87. The van der Waals surface area contributed by atoms with Gasteiger partial charge < -0.3 is 9.88 Å². The Morgan fingerprint density at radius 2 is 1.96 bits per heavy atom. The molecular formula is C20H23N7. The largest absolute Gasteiger partial charge is 0.369 e. The van der Waals surface area contributed by atoms with Crippen LogP contribution in [0.1, 0.15) is 23.2 Å². The van der Waals surface area contributed by atoms with Crippen LogP contribution in [0, 0.1) is 20.8 Å². The summed E-state index contributed by atoms with van der Waals surface area (Å²) in [6.45, 7) is 8.04. The highest BCUT2D eigenvalue weighted by atomic mass is 15.1. The molecule has 0 aliphatic carbocycles. The van der Waals surface area contributed by atoms with Gasteiger partial charge in [-0.2, -0.15) is 0 Å². The zero-order chi connectivity index (χ0) is 18.8. The summed E-state index contributed by atoms with van der Waals surface area (Å²) in [4.78, 5) is 17.7. The average Bonchev–Trinajstić information content (AvgIpc) is 3.26. The Morgan fingerprint density at radius 1 is 1.07 bits per heavy atom. The van der Waals surface area contributed by atoms with Crippen LogP contribution in [0.15, 0.2) is 43.4 Å². The molecule has 0 saturated heterocycles. The molecule has 4 aromatic rings. The molecule has 7 heteroatoms. The summed E-state index contributed by atoms with van der Waals surface area (Å²) >= 11 is 0. The highest BCUT2D eigenvalue weighted by Gasteiger charge is 2.18. The van der Waals surface area contributed by atoms with Gasteiger partial charge in [0.05, 0.1) is 11.7 Å². The van der Waals surface area contributed by atoms with E-state index in [-0.39, 0.29) is 0 Å². The van der Waals surface area contributed by atoms with Gasteiger partial charge in [0.1, 0.15) is 18.0 Å². The fraction of sp³-hybridized carbons (Fsp3) is 0.300. The fourth-order valence-electron chi connectivity index (χ4n) is 3.34. The second-order valence-corrected chi connectivity index (χ2v) is 6.74. The van der Waals surface area contributed by atoms with E-state index in [9.17, 15) is 0 Å². The van der Waals surface area contributed by atoms with Gasteiger partial charge in [-0.05, 0) is 50.5 Å². The van der Waals surface area contributed by atoms with Gasteiger partial charge in [-0.15, -0.1) is 0 Å². The van der Waals surface area contributed by atoms with Crippen molar-refractivity contribution >= 4 is 16.9 Å². The fourth-order valence-corrected chi connectivity index (χ4v) is 3.34. The van der Waals surface area contributed by atoms with E-state index < -0.39 is 0 Å². The van der Waals surface area contributed by atoms with Gasteiger partial charge in [0.2, 0.25) is 0 Å². The Labute approximate surface area is 158 Å². The Hall–Kier alpha value is -3.22. The molecule has 0 unspecified atom stereocenters. The Bertz CT molecular complexity index is 1060. The summed E-state index contributed by atoms with van der Waals surface area (Å²) in [6, 6.07) is 4.08. The number of rotatable bonds is 6. The minimum atomic E-state index is 0.830. The van der Waals surface area contributed by atoms with Crippen molar-refractivity contribution in [2.75, 3.05) is 11.9 Å². The summed E-state index contributed by atoms with van der Waals surface area (Å²) in [5, 5.41) is 4.53. The molecule has 4 aromatic heterocycles. The lowest BCUT2D eigenvalue weighted by molar-refractivity contribution is 0.660. The number of pyridine rings is 1. The lowest BCUT2D eigenvalue weighted by Gasteiger charge is -2.09. The molecule has 0 bridgehead atoms. The Morgan fingerprint density at radius 3 is 2.74 bits per heavy atom. The molecule has 0 spiro atoms. The van der Waals surface area contributed by atoms with Crippen LogP contribution in [0.2, 0.25) is 0 Å². The minimum Gasteiger partial charge on any atom is -0.369 e. The molecule has 0 aliphatic heterocycles. The van der Waals surface area contributed by atoms with Crippen LogP contribution in [0.3, 0.4) is 0 Å². The molecule has 4 heterocycles. The Kier molecular flexibility index (Phi) is 4.58. The van der Waals surface area contributed by atoms with Gasteiger partial charge in [0, 0.05) is 37.4 Å². The third-order valence-corrected chi connectivity index (χ3v) is 4.87. The van der Waals surface area contributed by atoms with Gasteiger partial charge in [-0.1, -0.05) is 0 Å². The van der Waals surface area contributed by atoms with Crippen LogP contribution in [0.4, 0.5) is 5.82 Å². The number of imidazole rings is 1. The highest BCUT2D eigenvalue weighted by molar-refractivity contribution is 5.92. The van der Waals surface area contributed by atoms with E-state index in [2.05, 4.69) is 61.2 Å². The second-order valence-electron chi connectivity index (χ2n) is 6.74. The topological polar surface area (TPSA) is 73.5 Å². The van der Waals surface area contributed by atoms with E-state index in [0.29, 0.717) is 0 Å². The molecule has 0 aliphatic rings. The lowest BCUT2D eigenvalue weighted by Crippen LogP contribution is -2.08. The van der Waals surface area contributed by atoms with E-state index in [1.165, 1.54) is 11.1 Å². The van der Waals surface area contributed by atoms with Crippen LogP contribution >= 0.6 is 0 Å². The standard InChI is InChI=1S/C20H23N7/c1-14-5-7-22-17(11-14)27-16(3)15(2)18-19(24-12-25-20(18)27)23-6-4-9-26-10-8-21-13-26/h5,7-8,10-13H,4,6,9H2,1-3H3,(H,23,24,25). The first-order valence-electron chi connectivity index (χ1n) is 9.10. The van der Waals surface area contributed by atoms with Crippen LogP contribution < -0.4 is 5.32 Å². The number of fused-ring (bicyclic) bond motifs is 1. The van der Waals surface area contributed by atoms with Gasteiger partial charge >= 0.3 is 0 Å². The maximum Gasteiger partial charge on any atom is 0.151 e. The zero-order valence-electron chi connectivity index (χ0n) is 15.8. The maximum atomic E-state index is 4.56. The summed E-state index contributed by atoms with van der Waals surface area (Å²) in [7, 11) is 0. The predicted octanol–water partition coefficient (Wildman–Crippen LogP) is 3.44. The van der Waals surface area contributed by atoms with E-state index in [0.717, 1.165) is 47.9 Å². The van der Waals surface area contributed by atoms with Gasteiger partial charge in [-0.25, -0.2) is 19.9 Å². The molecule has 0 amide bonds. The van der Waals surface area contributed by atoms with Crippen LogP contribution in [-0.2, 0) is 6.54 Å². The first kappa shape index (κ1) is 17.2. The molecule has 1 N–H and O–H groups in total. The van der Waals surface area contributed by atoms with Crippen LogP contribution in [0.25, 0.3) is 16.9 Å². The average molecular weight is 361 g/mol. The molecule has 0 aromatic carbocycles. The maximum absolute atomic E-state index is 4.56. The minimum absolute atomic E-state index is 0.830. The van der Waals surface area contributed by atoms with E-state index in [1.807, 2.05) is 24.8 Å². The summed E-state index contributed by atoms with van der Waals surface area (Å²) < 4.78 is 4.18. The molecule has 0 radical (unpaired) electrons.